The fourth-order valence-electron chi connectivity index (χ4n) is 1.33. The number of rotatable bonds is 3. The molecule has 0 unspecified atom stereocenters. The Morgan fingerprint density at radius 3 is 2.69 bits per heavy atom. The predicted molar refractivity (Wildman–Crippen MR) is 53.0 cm³/mol. The highest BCUT2D eigenvalue weighted by molar-refractivity contribution is 5.38. The molecule has 2 heteroatoms. The summed E-state index contributed by atoms with van der Waals surface area (Å²) in [5.74, 6) is 0.764. The smallest absolute Gasteiger partial charge is 0.124 e. The van der Waals surface area contributed by atoms with E-state index in [-0.39, 0.29) is 0 Å². The molecule has 1 N–H and O–H groups in total. The first-order chi connectivity index (χ1) is 6.19. The topological polar surface area (TPSA) is 29.5 Å². The molecule has 13 heavy (non-hydrogen) atoms. The molecule has 1 aromatic rings. The molecule has 0 fully saturated rings. The highest BCUT2D eigenvalue weighted by atomic mass is 16.5. The van der Waals surface area contributed by atoms with Crippen molar-refractivity contribution in [3.63, 3.8) is 0 Å². The molecular weight excluding hydrogens is 164 g/mol. The minimum absolute atomic E-state index is 0.421. The highest BCUT2D eigenvalue weighted by Crippen LogP contribution is 2.27. The first kappa shape index (κ1) is 10.1. The summed E-state index contributed by atoms with van der Waals surface area (Å²) in [6.07, 6.45) is 0.287. The largest absolute Gasteiger partial charge is 0.496 e. The van der Waals surface area contributed by atoms with E-state index in [4.69, 9.17) is 4.74 Å². The first-order valence-electron chi connectivity index (χ1n) is 4.51. The number of hydrogen-bond acceptors (Lipinski definition) is 2. The molecule has 1 rings (SSSR count). The second-order valence-electron chi connectivity index (χ2n) is 3.17. The Morgan fingerprint density at radius 2 is 2.15 bits per heavy atom. The molecule has 1 aromatic carbocycles. The lowest BCUT2D eigenvalue weighted by atomic mass is 10.0. The summed E-state index contributed by atoms with van der Waals surface area (Å²) in [5, 5.41) is 9.69. The van der Waals surface area contributed by atoms with Crippen molar-refractivity contribution in [3.8, 4) is 5.75 Å². The van der Waals surface area contributed by atoms with Crippen molar-refractivity contribution >= 4 is 0 Å². The molecule has 0 aliphatic carbocycles. The highest BCUT2D eigenvalue weighted by Gasteiger charge is 2.10. The number of ether oxygens (including phenoxy) is 1. The maximum atomic E-state index is 9.69. The van der Waals surface area contributed by atoms with Gasteiger partial charge >= 0.3 is 0 Å². The number of aryl methyl sites for hydroxylation is 1. The van der Waals surface area contributed by atoms with Crippen LogP contribution < -0.4 is 4.74 Å². The standard InChI is InChI=1S/C11H16O2/c1-4-10(12)9-7-8(2)5-6-11(9)13-3/h5-7,10,12H,4H2,1-3H3/t10-/m0/s1. The Kier molecular flexibility index (Phi) is 3.32. The van der Waals surface area contributed by atoms with Crippen LogP contribution in [0.4, 0.5) is 0 Å². The van der Waals surface area contributed by atoms with Gasteiger partial charge in [0.2, 0.25) is 0 Å². The third-order valence-electron chi connectivity index (χ3n) is 2.13. The number of benzene rings is 1. The van der Waals surface area contributed by atoms with Crippen LogP contribution in [0.5, 0.6) is 5.75 Å². The van der Waals surface area contributed by atoms with Gasteiger partial charge in [-0.1, -0.05) is 18.6 Å². The van der Waals surface area contributed by atoms with Crippen LogP contribution in [-0.2, 0) is 0 Å². The Bertz CT molecular complexity index is 281. The van der Waals surface area contributed by atoms with Gasteiger partial charge in [-0.3, -0.25) is 0 Å². The zero-order valence-electron chi connectivity index (χ0n) is 8.37. The van der Waals surface area contributed by atoms with Crippen LogP contribution in [-0.4, -0.2) is 12.2 Å². The van der Waals surface area contributed by atoms with Crippen molar-refractivity contribution in [2.24, 2.45) is 0 Å². The van der Waals surface area contributed by atoms with Crippen molar-refractivity contribution < 1.29 is 9.84 Å². The number of hydrogen-bond donors (Lipinski definition) is 1. The summed E-state index contributed by atoms with van der Waals surface area (Å²) < 4.78 is 5.16. The lowest BCUT2D eigenvalue weighted by molar-refractivity contribution is 0.169. The van der Waals surface area contributed by atoms with Gasteiger partial charge in [0.1, 0.15) is 5.75 Å². The minimum atomic E-state index is -0.421. The Labute approximate surface area is 79.2 Å². The number of aliphatic hydroxyl groups is 1. The van der Waals surface area contributed by atoms with Gasteiger partial charge in [0.05, 0.1) is 13.2 Å². The summed E-state index contributed by atoms with van der Waals surface area (Å²) in [5.41, 5.74) is 2.02. The van der Waals surface area contributed by atoms with Crippen LogP contribution >= 0.6 is 0 Å². The zero-order valence-corrected chi connectivity index (χ0v) is 8.37. The van der Waals surface area contributed by atoms with Gasteiger partial charge in [-0.15, -0.1) is 0 Å². The molecule has 2 nitrogen and oxygen atoms in total. The van der Waals surface area contributed by atoms with Crippen molar-refractivity contribution in [2.45, 2.75) is 26.4 Å². The summed E-state index contributed by atoms with van der Waals surface area (Å²) >= 11 is 0. The van der Waals surface area contributed by atoms with Crippen LogP contribution in [0.2, 0.25) is 0 Å². The van der Waals surface area contributed by atoms with E-state index in [0.29, 0.717) is 6.42 Å². The van der Waals surface area contributed by atoms with Gasteiger partial charge < -0.3 is 9.84 Å². The van der Waals surface area contributed by atoms with Gasteiger partial charge in [-0.05, 0) is 25.5 Å². The van der Waals surface area contributed by atoms with Crippen molar-refractivity contribution in [2.75, 3.05) is 7.11 Å². The van der Waals surface area contributed by atoms with Gasteiger partial charge in [-0.2, -0.15) is 0 Å². The molecule has 0 aliphatic rings. The molecule has 0 saturated heterocycles. The number of aliphatic hydroxyl groups excluding tert-OH is 1. The summed E-state index contributed by atoms with van der Waals surface area (Å²) in [6.45, 7) is 3.96. The molecular formula is C11H16O2. The van der Waals surface area contributed by atoms with Crippen molar-refractivity contribution in [3.05, 3.63) is 29.3 Å². The van der Waals surface area contributed by atoms with E-state index < -0.39 is 6.10 Å². The van der Waals surface area contributed by atoms with E-state index >= 15 is 0 Å². The zero-order chi connectivity index (χ0) is 9.84. The average molecular weight is 180 g/mol. The fourth-order valence-corrected chi connectivity index (χ4v) is 1.33. The predicted octanol–water partition coefficient (Wildman–Crippen LogP) is 2.45. The van der Waals surface area contributed by atoms with Crippen molar-refractivity contribution in [1.82, 2.24) is 0 Å². The first-order valence-corrected chi connectivity index (χ1v) is 4.51. The molecule has 0 bridgehead atoms. The third-order valence-corrected chi connectivity index (χ3v) is 2.13. The second-order valence-corrected chi connectivity index (χ2v) is 3.17. The molecule has 0 aliphatic heterocycles. The lowest BCUT2D eigenvalue weighted by Crippen LogP contribution is -1.99. The molecule has 0 aromatic heterocycles. The molecule has 0 amide bonds. The van der Waals surface area contributed by atoms with E-state index in [9.17, 15) is 5.11 Å². The van der Waals surface area contributed by atoms with E-state index in [1.54, 1.807) is 7.11 Å². The van der Waals surface area contributed by atoms with E-state index in [0.717, 1.165) is 16.9 Å². The quantitative estimate of drug-likeness (QED) is 0.774. The number of methoxy groups -OCH3 is 1. The summed E-state index contributed by atoms with van der Waals surface area (Å²) in [6, 6.07) is 5.83. The monoisotopic (exact) mass is 180 g/mol. The van der Waals surface area contributed by atoms with E-state index in [1.807, 2.05) is 32.0 Å². The Hall–Kier alpha value is -1.02. The maximum absolute atomic E-state index is 9.69. The lowest BCUT2D eigenvalue weighted by Gasteiger charge is -2.13. The molecule has 72 valence electrons. The second kappa shape index (κ2) is 4.28. The normalized spacial score (nSPS) is 12.6. The Morgan fingerprint density at radius 1 is 1.46 bits per heavy atom. The molecule has 0 heterocycles. The minimum Gasteiger partial charge on any atom is -0.496 e. The summed E-state index contributed by atoms with van der Waals surface area (Å²) in [7, 11) is 1.62. The van der Waals surface area contributed by atoms with Crippen LogP contribution in [0.3, 0.4) is 0 Å². The average Bonchev–Trinajstić information content (AvgIpc) is 2.16. The van der Waals surface area contributed by atoms with Crippen LogP contribution in [0.15, 0.2) is 18.2 Å². The maximum Gasteiger partial charge on any atom is 0.124 e. The van der Waals surface area contributed by atoms with Gasteiger partial charge in [-0.25, -0.2) is 0 Å². The van der Waals surface area contributed by atoms with E-state index in [2.05, 4.69) is 0 Å². The molecule has 0 radical (unpaired) electrons. The van der Waals surface area contributed by atoms with Gasteiger partial charge in [0.15, 0.2) is 0 Å². The fraction of sp³-hybridized carbons (Fsp3) is 0.455. The molecule has 0 spiro atoms. The van der Waals surface area contributed by atoms with Crippen LogP contribution in [0, 0.1) is 6.92 Å². The third kappa shape index (κ3) is 2.22. The van der Waals surface area contributed by atoms with Crippen molar-refractivity contribution in [1.29, 1.82) is 0 Å². The van der Waals surface area contributed by atoms with Gasteiger partial charge in [0.25, 0.3) is 0 Å². The molecule has 0 saturated carbocycles. The van der Waals surface area contributed by atoms with E-state index in [1.165, 1.54) is 0 Å². The Balaban J connectivity index is 3.07. The SMILES string of the molecule is CC[C@H](O)c1cc(C)ccc1OC. The summed E-state index contributed by atoms with van der Waals surface area (Å²) in [4.78, 5) is 0. The van der Waals surface area contributed by atoms with Crippen LogP contribution in [0.25, 0.3) is 0 Å². The van der Waals surface area contributed by atoms with Gasteiger partial charge in [0, 0.05) is 5.56 Å². The van der Waals surface area contributed by atoms with Crippen LogP contribution in [0.1, 0.15) is 30.6 Å². The molecule has 1 atom stereocenters.